The summed E-state index contributed by atoms with van der Waals surface area (Å²) in [5, 5.41) is 6.17. The normalized spacial score (nSPS) is 11.1. The zero-order valence-electron chi connectivity index (χ0n) is 13.5. The summed E-state index contributed by atoms with van der Waals surface area (Å²) in [6.45, 7) is -0.266. The number of azide groups is 1. The van der Waals surface area contributed by atoms with E-state index in [4.69, 9.17) is 15.0 Å². The molecule has 0 saturated carbocycles. The van der Waals surface area contributed by atoms with Gasteiger partial charge in [-0.05, 0) is 23.2 Å². The summed E-state index contributed by atoms with van der Waals surface area (Å²) in [4.78, 5) is 14.6. The number of nitrogens with one attached hydrogen (secondary N) is 1. The van der Waals surface area contributed by atoms with Gasteiger partial charge in [-0.1, -0.05) is 35.4 Å². The molecule has 0 spiro atoms. The van der Waals surface area contributed by atoms with Crippen LogP contribution in [0, 0.1) is 0 Å². The monoisotopic (exact) mass is 326 g/mol. The van der Waals surface area contributed by atoms with E-state index in [2.05, 4.69) is 15.3 Å². The molecule has 0 aliphatic carbocycles. The van der Waals surface area contributed by atoms with E-state index < -0.39 is 6.04 Å². The molecule has 7 heteroatoms. The van der Waals surface area contributed by atoms with Gasteiger partial charge >= 0.3 is 0 Å². The van der Waals surface area contributed by atoms with Crippen molar-refractivity contribution < 1.29 is 14.3 Å². The predicted octanol–water partition coefficient (Wildman–Crippen LogP) is 3.22. The lowest BCUT2D eigenvalue weighted by Crippen LogP contribution is -2.31. The summed E-state index contributed by atoms with van der Waals surface area (Å²) in [6.07, 6.45) is 0. The minimum absolute atomic E-state index is 0.266. The fourth-order valence-electron chi connectivity index (χ4n) is 2.35. The Morgan fingerprint density at radius 2 is 1.96 bits per heavy atom. The lowest BCUT2D eigenvalue weighted by atomic mass is 9.97. The molecule has 0 saturated heterocycles. The van der Waals surface area contributed by atoms with Crippen molar-refractivity contribution in [1.82, 2.24) is 5.32 Å². The van der Waals surface area contributed by atoms with Crippen molar-refractivity contribution in [3.05, 3.63) is 70.1 Å². The first-order chi connectivity index (χ1) is 11.7. The largest absolute Gasteiger partial charge is 0.497 e. The van der Waals surface area contributed by atoms with Gasteiger partial charge in [0.1, 0.15) is 18.0 Å². The maximum atomic E-state index is 12.0. The number of nitrogens with zero attached hydrogens (tertiary/aromatic N) is 3. The van der Waals surface area contributed by atoms with Crippen LogP contribution in [0.2, 0.25) is 0 Å². The fraction of sp³-hybridized carbons (Fsp3) is 0.235. The number of carbonyl (C=O) groups is 1. The van der Waals surface area contributed by atoms with E-state index in [9.17, 15) is 4.79 Å². The summed E-state index contributed by atoms with van der Waals surface area (Å²) < 4.78 is 10.6. The minimum Gasteiger partial charge on any atom is -0.497 e. The maximum Gasteiger partial charge on any atom is 0.226 e. The lowest BCUT2D eigenvalue weighted by molar-refractivity contribution is -0.120. The lowest BCUT2D eigenvalue weighted by Gasteiger charge is -2.22. The Hall–Kier alpha value is -3.18. The second-order valence-electron chi connectivity index (χ2n) is 4.91. The van der Waals surface area contributed by atoms with Crippen molar-refractivity contribution in [1.29, 1.82) is 0 Å². The highest BCUT2D eigenvalue weighted by Gasteiger charge is 2.20. The zero-order chi connectivity index (χ0) is 17.4. The molecule has 1 unspecified atom stereocenters. The van der Waals surface area contributed by atoms with Crippen molar-refractivity contribution in [2.45, 2.75) is 6.04 Å². The molecule has 2 rings (SSSR count). The summed E-state index contributed by atoms with van der Waals surface area (Å²) in [6, 6.07) is 14.4. The number of hydrogen-bond donors (Lipinski definition) is 1. The molecule has 1 N–H and O–H groups in total. The van der Waals surface area contributed by atoms with Gasteiger partial charge in [-0.25, -0.2) is 0 Å². The third kappa shape index (κ3) is 4.18. The quantitative estimate of drug-likeness (QED) is 0.480. The molecule has 124 valence electrons. The number of methoxy groups -OCH3 is 2. The Kier molecular flexibility index (Phi) is 6.05. The molecule has 0 bridgehead atoms. The van der Waals surface area contributed by atoms with E-state index in [1.807, 2.05) is 36.4 Å². The summed E-state index contributed by atoms with van der Waals surface area (Å²) in [5.41, 5.74) is 10.0. The molecule has 7 nitrogen and oxygen atoms in total. The van der Waals surface area contributed by atoms with Gasteiger partial charge in [0.25, 0.3) is 0 Å². The number of hydrogen-bond acceptors (Lipinski definition) is 4. The summed E-state index contributed by atoms with van der Waals surface area (Å²) in [5.74, 6) is 0.870. The second-order valence-corrected chi connectivity index (χ2v) is 4.91. The van der Waals surface area contributed by atoms with Crippen LogP contribution >= 0.6 is 0 Å². The number of amides is 1. The number of benzene rings is 2. The van der Waals surface area contributed by atoms with Crippen molar-refractivity contribution >= 4 is 5.91 Å². The van der Waals surface area contributed by atoms with Gasteiger partial charge in [-0.2, -0.15) is 0 Å². The SMILES string of the molecule is COc1ccc(C(NC(=O)CN=[N+]=[N-])c2ccccc2)c(OC)c1. The molecule has 24 heavy (non-hydrogen) atoms. The Morgan fingerprint density at radius 3 is 2.58 bits per heavy atom. The van der Waals surface area contributed by atoms with Crippen LogP contribution < -0.4 is 14.8 Å². The fourth-order valence-corrected chi connectivity index (χ4v) is 2.35. The molecular formula is C17H18N4O3. The van der Waals surface area contributed by atoms with Gasteiger partial charge in [-0.15, -0.1) is 0 Å². The smallest absolute Gasteiger partial charge is 0.226 e. The van der Waals surface area contributed by atoms with Crippen LogP contribution in [0.5, 0.6) is 11.5 Å². The molecule has 0 aliphatic heterocycles. The second kappa shape index (κ2) is 8.45. The van der Waals surface area contributed by atoms with E-state index in [1.165, 1.54) is 0 Å². The summed E-state index contributed by atoms with van der Waals surface area (Å²) in [7, 11) is 3.13. The highest BCUT2D eigenvalue weighted by atomic mass is 16.5. The van der Waals surface area contributed by atoms with Crippen LogP contribution in [0.4, 0.5) is 0 Å². The average molecular weight is 326 g/mol. The maximum absolute atomic E-state index is 12.0. The Morgan fingerprint density at radius 1 is 1.21 bits per heavy atom. The molecule has 1 amide bonds. The molecule has 1 atom stereocenters. The molecule has 2 aromatic carbocycles. The van der Waals surface area contributed by atoms with Crippen LogP contribution in [-0.4, -0.2) is 26.7 Å². The molecule has 0 heterocycles. The Labute approximate surface area is 139 Å². The van der Waals surface area contributed by atoms with Crippen LogP contribution in [0.25, 0.3) is 10.4 Å². The van der Waals surface area contributed by atoms with E-state index in [-0.39, 0.29) is 12.5 Å². The first-order valence-electron chi connectivity index (χ1n) is 7.26. The molecular weight excluding hydrogens is 308 g/mol. The van der Waals surface area contributed by atoms with Crippen LogP contribution in [0.15, 0.2) is 53.6 Å². The topological polar surface area (TPSA) is 96.3 Å². The predicted molar refractivity (Wildman–Crippen MR) is 90.0 cm³/mol. The van der Waals surface area contributed by atoms with E-state index >= 15 is 0 Å². The third-order valence-electron chi connectivity index (χ3n) is 3.47. The van der Waals surface area contributed by atoms with Gasteiger partial charge in [0.15, 0.2) is 0 Å². The highest BCUT2D eigenvalue weighted by molar-refractivity contribution is 5.79. The zero-order valence-corrected chi connectivity index (χ0v) is 13.5. The Bertz CT molecular complexity index is 743. The van der Waals surface area contributed by atoms with Gasteiger partial charge in [-0.3, -0.25) is 4.79 Å². The van der Waals surface area contributed by atoms with Crippen LogP contribution in [0.1, 0.15) is 17.2 Å². The molecule has 0 fully saturated rings. The van der Waals surface area contributed by atoms with Crippen molar-refractivity contribution in [2.24, 2.45) is 5.11 Å². The number of ether oxygens (including phenoxy) is 2. The minimum atomic E-state index is -0.437. The average Bonchev–Trinajstić information content (AvgIpc) is 2.64. The van der Waals surface area contributed by atoms with Gasteiger partial charge in [0.05, 0.1) is 20.3 Å². The highest BCUT2D eigenvalue weighted by Crippen LogP contribution is 2.33. The summed E-state index contributed by atoms with van der Waals surface area (Å²) >= 11 is 0. The number of carbonyl (C=O) groups excluding carboxylic acids is 1. The first kappa shape index (κ1) is 17.2. The third-order valence-corrected chi connectivity index (χ3v) is 3.47. The first-order valence-corrected chi connectivity index (χ1v) is 7.26. The molecule has 0 radical (unpaired) electrons. The van der Waals surface area contributed by atoms with Crippen LogP contribution in [-0.2, 0) is 4.79 Å². The van der Waals surface area contributed by atoms with Crippen molar-refractivity contribution in [2.75, 3.05) is 20.8 Å². The van der Waals surface area contributed by atoms with Crippen LogP contribution in [0.3, 0.4) is 0 Å². The van der Waals surface area contributed by atoms with Gasteiger partial charge < -0.3 is 14.8 Å². The van der Waals surface area contributed by atoms with Crippen molar-refractivity contribution in [3.8, 4) is 11.5 Å². The van der Waals surface area contributed by atoms with Crippen molar-refractivity contribution in [3.63, 3.8) is 0 Å². The van der Waals surface area contributed by atoms with E-state index in [1.54, 1.807) is 26.4 Å². The Balaban J connectivity index is 2.42. The van der Waals surface area contributed by atoms with Gasteiger partial charge in [0.2, 0.25) is 5.91 Å². The van der Waals surface area contributed by atoms with E-state index in [0.717, 1.165) is 11.1 Å². The molecule has 2 aromatic rings. The van der Waals surface area contributed by atoms with Gasteiger partial charge in [0, 0.05) is 16.5 Å². The van der Waals surface area contributed by atoms with E-state index in [0.29, 0.717) is 11.5 Å². The number of rotatable bonds is 7. The molecule has 0 aromatic heterocycles. The standard InChI is InChI=1S/C17H18N4O3/c1-23-13-8-9-14(15(10-13)24-2)17(12-6-4-3-5-7-12)20-16(22)11-19-21-18/h3-10,17H,11H2,1-2H3,(H,20,22). The molecule has 0 aliphatic rings.